The van der Waals surface area contributed by atoms with Crippen LogP contribution in [0.1, 0.15) is 12.1 Å². The third-order valence-corrected chi connectivity index (χ3v) is 4.67. The molecule has 0 aromatic carbocycles. The first-order valence-electron chi connectivity index (χ1n) is 9.55. The van der Waals surface area contributed by atoms with Gasteiger partial charge in [-0.2, -0.15) is 0 Å². The molecule has 1 fully saturated rings. The minimum absolute atomic E-state index is 0.605. The van der Waals surface area contributed by atoms with Crippen LogP contribution in [0.5, 0.6) is 0 Å². The Morgan fingerprint density at radius 1 is 1.18 bits per heavy atom. The Labute approximate surface area is 164 Å². The number of nitrogens with zero attached hydrogens (tertiary/aromatic N) is 5. The van der Waals surface area contributed by atoms with E-state index >= 15 is 0 Å². The van der Waals surface area contributed by atoms with E-state index in [2.05, 4.69) is 25.3 Å². The Morgan fingerprint density at radius 2 is 2.00 bits per heavy atom. The van der Waals surface area contributed by atoms with Gasteiger partial charge >= 0.3 is 0 Å². The summed E-state index contributed by atoms with van der Waals surface area (Å²) in [5.41, 5.74) is 3.38. The lowest BCUT2D eigenvalue weighted by Gasteiger charge is -2.26. The number of hydrogen-bond donors (Lipinski definition) is 1. The fourth-order valence-electron chi connectivity index (χ4n) is 3.20. The number of rotatable bonds is 7. The maximum atomic E-state index is 5.44. The fraction of sp³-hybridized carbons (Fsp3) is 0.400. The van der Waals surface area contributed by atoms with Crippen LogP contribution in [0.2, 0.25) is 0 Å². The zero-order valence-electron chi connectivity index (χ0n) is 16.0. The highest BCUT2D eigenvalue weighted by Gasteiger charge is 2.15. The molecule has 3 aromatic rings. The number of hydrogen-bond acceptors (Lipinski definition) is 8. The Bertz CT molecular complexity index is 893. The van der Waals surface area contributed by atoms with E-state index in [-0.39, 0.29) is 0 Å². The van der Waals surface area contributed by atoms with Crippen molar-refractivity contribution in [3.05, 3.63) is 42.5 Å². The number of ether oxygens (including phenoxy) is 1. The monoisotopic (exact) mass is 380 g/mol. The van der Waals surface area contributed by atoms with Crippen LogP contribution in [0.15, 0.2) is 41.3 Å². The Morgan fingerprint density at radius 3 is 2.75 bits per heavy atom. The molecule has 0 bridgehead atoms. The summed E-state index contributed by atoms with van der Waals surface area (Å²) in [6.07, 6.45) is 6.31. The average Bonchev–Trinajstić information content (AvgIpc) is 3.18. The Kier molecular flexibility index (Phi) is 5.89. The van der Waals surface area contributed by atoms with Crippen molar-refractivity contribution in [2.75, 3.05) is 44.7 Å². The van der Waals surface area contributed by atoms with E-state index in [0.29, 0.717) is 11.7 Å². The van der Waals surface area contributed by atoms with Gasteiger partial charge in [0.05, 0.1) is 30.2 Å². The van der Waals surface area contributed by atoms with Crippen molar-refractivity contribution in [2.45, 2.75) is 13.3 Å². The zero-order valence-corrected chi connectivity index (χ0v) is 16.0. The van der Waals surface area contributed by atoms with Crippen molar-refractivity contribution in [3.8, 4) is 22.6 Å². The lowest BCUT2D eigenvalue weighted by molar-refractivity contribution is 0.0378. The predicted octanol–water partition coefficient (Wildman–Crippen LogP) is 2.64. The summed E-state index contributed by atoms with van der Waals surface area (Å²) < 4.78 is 10.8. The van der Waals surface area contributed by atoms with Crippen LogP contribution < -0.4 is 5.32 Å². The maximum absolute atomic E-state index is 5.44. The zero-order chi connectivity index (χ0) is 19.2. The third-order valence-electron chi connectivity index (χ3n) is 4.67. The van der Waals surface area contributed by atoms with Gasteiger partial charge in [-0.25, -0.2) is 9.97 Å². The van der Waals surface area contributed by atoms with Gasteiger partial charge in [0, 0.05) is 49.9 Å². The van der Waals surface area contributed by atoms with Gasteiger partial charge in [-0.05, 0) is 32.0 Å². The summed E-state index contributed by atoms with van der Waals surface area (Å²) >= 11 is 0. The van der Waals surface area contributed by atoms with Crippen molar-refractivity contribution in [2.24, 2.45) is 0 Å². The van der Waals surface area contributed by atoms with Crippen LogP contribution in [-0.2, 0) is 4.74 Å². The smallest absolute Gasteiger partial charge is 0.223 e. The molecule has 1 aliphatic rings. The van der Waals surface area contributed by atoms with Crippen LogP contribution in [0, 0.1) is 6.92 Å². The molecule has 0 spiro atoms. The second kappa shape index (κ2) is 8.90. The highest BCUT2D eigenvalue weighted by atomic mass is 16.5. The number of nitrogens with one attached hydrogen (secondary N) is 1. The molecule has 4 heterocycles. The molecule has 1 saturated heterocycles. The molecule has 0 unspecified atom stereocenters. The average molecular weight is 380 g/mol. The molecule has 4 rings (SSSR count). The van der Waals surface area contributed by atoms with Crippen molar-refractivity contribution >= 4 is 5.95 Å². The molecule has 8 heteroatoms. The van der Waals surface area contributed by atoms with E-state index in [1.165, 1.54) is 0 Å². The summed E-state index contributed by atoms with van der Waals surface area (Å²) in [5.74, 6) is 1.26. The summed E-state index contributed by atoms with van der Waals surface area (Å²) in [6, 6.07) is 5.74. The molecular weight excluding hydrogens is 356 g/mol. The molecular formula is C20H24N6O2. The lowest BCUT2D eigenvalue weighted by Crippen LogP contribution is -2.37. The van der Waals surface area contributed by atoms with Crippen molar-refractivity contribution < 1.29 is 9.26 Å². The second-order valence-electron chi connectivity index (χ2n) is 6.76. The highest BCUT2D eigenvalue weighted by molar-refractivity contribution is 5.78. The molecule has 0 saturated carbocycles. The maximum Gasteiger partial charge on any atom is 0.223 e. The minimum Gasteiger partial charge on any atom is -0.379 e. The van der Waals surface area contributed by atoms with Crippen molar-refractivity contribution in [3.63, 3.8) is 0 Å². The van der Waals surface area contributed by atoms with E-state index in [1.807, 2.05) is 25.1 Å². The highest BCUT2D eigenvalue weighted by Crippen LogP contribution is 2.30. The van der Waals surface area contributed by atoms with Gasteiger partial charge in [-0.1, -0.05) is 5.16 Å². The molecule has 8 nitrogen and oxygen atoms in total. The Hall–Kier alpha value is -2.84. The third kappa shape index (κ3) is 4.52. The first kappa shape index (κ1) is 18.5. The molecule has 146 valence electrons. The standard InChI is InChI=1S/C20H24N6O2/c1-15-13-18(28-25-15)17-14-23-20(24-19(17)16-3-6-21-7-4-16)22-5-2-8-26-9-11-27-12-10-26/h3-4,6-7,13-14H,2,5,8-12H2,1H3,(H,22,23,24). The van der Waals surface area contributed by atoms with Gasteiger partial charge in [0.1, 0.15) is 0 Å². The molecule has 28 heavy (non-hydrogen) atoms. The van der Waals surface area contributed by atoms with Crippen LogP contribution in [-0.4, -0.2) is 64.4 Å². The first-order valence-corrected chi connectivity index (χ1v) is 9.55. The van der Waals surface area contributed by atoms with Crippen LogP contribution in [0.4, 0.5) is 5.95 Å². The van der Waals surface area contributed by atoms with Gasteiger partial charge < -0.3 is 14.6 Å². The van der Waals surface area contributed by atoms with Crippen LogP contribution in [0.25, 0.3) is 22.6 Å². The molecule has 1 N–H and O–H groups in total. The Balaban J connectivity index is 1.48. The first-order chi connectivity index (χ1) is 13.8. The van der Waals surface area contributed by atoms with Gasteiger partial charge in [0.25, 0.3) is 0 Å². The van der Waals surface area contributed by atoms with Crippen LogP contribution >= 0.6 is 0 Å². The van der Waals surface area contributed by atoms with Gasteiger partial charge in [-0.3, -0.25) is 9.88 Å². The lowest BCUT2D eigenvalue weighted by atomic mass is 10.1. The molecule has 0 radical (unpaired) electrons. The molecule has 0 aliphatic carbocycles. The molecule has 3 aromatic heterocycles. The van der Waals surface area contributed by atoms with Gasteiger partial charge in [-0.15, -0.1) is 0 Å². The van der Waals surface area contributed by atoms with Crippen molar-refractivity contribution in [1.29, 1.82) is 0 Å². The summed E-state index contributed by atoms with van der Waals surface area (Å²) in [6.45, 7) is 7.42. The van der Waals surface area contributed by atoms with Gasteiger partial charge in [0.15, 0.2) is 5.76 Å². The quantitative estimate of drug-likeness (QED) is 0.626. The number of pyridine rings is 1. The van der Waals surface area contributed by atoms with Crippen molar-refractivity contribution in [1.82, 2.24) is 25.0 Å². The summed E-state index contributed by atoms with van der Waals surface area (Å²) in [7, 11) is 0. The number of anilines is 1. The van der Waals surface area contributed by atoms with E-state index < -0.39 is 0 Å². The normalized spacial score (nSPS) is 14.9. The molecule has 0 atom stereocenters. The summed E-state index contributed by atoms with van der Waals surface area (Å²) in [5, 5.41) is 7.32. The fourth-order valence-corrected chi connectivity index (χ4v) is 3.20. The second-order valence-corrected chi connectivity index (χ2v) is 6.76. The number of aromatic nitrogens is 4. The van der Waals surface area contributed by atoms with E-state index in [9.17, 15) is 0 Å². The van der Waals surface area contributed by atoms with Gasteiger partial charge in [0.2, 0.25) is 5.95 Å². The molecule has 0 amide bonds. The number of morpholine rings is 1. The molecule has 1 aliphatic heterocycles. The largest absolute Gasteiger partial charge is 0.379 e. The predicted molar refractivity (Wildman–Crippen MR) is 106 cm³/mol. The SMILES string of the molecule is Cc1cc(-c2cnc(NCCCN3CCOCC3)nc2-c2ccncc2)on1. The minimum atomic E-state index is 0.605. The van der Waals surface area contributed by atoms with Crippen LogP contribution in [0.3, 0.4) is 0 Å². The topological polar surface area (TPSA) is 89.2 Å². The van der Waals surface area contributed by atoms with E-state index in [1.54, 1.807) is 18.6 Å². The number of aryl methyl sites for hydroxylation is 1. The van der Waals surface area contributed by atoms with E-state index in [0.717, 1.165) is 68.3 Å². The van der Waals surface area contributed by atoms with E-state index in [4.69, 9.17) is 14.2 Å². The summed E-state index contributed by atoms with van der Waals surface area (Å²) in [4.78, 5) is 15.7.